The molecule has 0 fully saturated rings. The second-order valence-corrected chi connectivity index (χ2v) is 7.60. The lowest BCUT2D eigenvalue weighted by atomic mass is 10.1. The first kappa shape index (κ1) is 15.8. The average Bonchev–Trinajstić information content (AvgIpc) is 2.30. The summed E-state index contributed by atoms with van der Waals surface area (Å²) in [5, 5.41) is 0. The van der Waals surface area contributed by atoms with Gasteiger partial charge in [0.2, 0.25) is 0 Å². The summed E-state index contributed by atoms with van der Waals surface area (Å²) < 4.78 is 26.8. The van der Waals surface area contributed by atoms with Crippen molar-refractivity contribution in [2.24, 2.45) is 0 Å². The van der Waals surface area contributed by atoms with Crippen LogP contribution in [0.4, 0.5) is 5.69 Å². The first-order valence-corrected chi connectivity index (χ1v) is 8.58. The number of anilines is 1. The zero-order valence-electron chi connectivity index (χ0n) is 11.1. The molecule has 0 aromatic heterocycles. The van der Waals surface area contributed by atoms with Crippen LogP contribution in [0.5, 0.6) is 0 Å². The smallest absolute Gasteiger partial charge is 0.340 e. The fourth-order valence-corrected chi connectivity index (χ4v) is 3.68. The van der Waals surface area contributed by atoms with Crippen LogP contribution in [-0.2, 0) is 14.6 Å². The summed E-state index contributed by atoms with van der Waals surface area (Å²) in [5.41, 5.74) is 7.29. The van der Waals surface area contributed by atoms with Crippen LogP contribution in [0.15, 0.2) is 17.0 Å². The molecule has 0 unspecified atom stereocenters. The van der Waals surface area contributed by atoms with Crippen LogP contribution in [0.25, 0.3) is 0 Å². The van der Waals surface area contributed by atoms with Gasteiger partial charge in [-0.2, -0.15) is 0 Å². The van der Waals surface area contributed by atoms with Gasteiger partial charge in [-0.05, 0) is 24.6 Å². The lowest BCUT2D eigenvalue weighted by molar-refractivity contribution is 0.0601. The minimum absolute atomic E-state index is 0.0919. The highest BCUT2D eigenvalue weighted by Crippen LogP contribution is 2.27. The number of nitrogen functional groups attached to an aromatic ring is 1. The van der Waals surface area contributed by atoms with Gasteiger partial charge in [-0.15, -0.1) is 11.8 Å². The van der Waals surface area contributed by atoms with Crippen LogP contribution in [0.1, 0.15) is 15.9 Å². The van der Waals surface area contributed by atoms with Gasteiger partial charge in [0.25, 0.3) is 0 Å². The molecule has 5 nitrogen and oxygen atoms in total. The number of nitrogens with two attached hydrogens (primary N) is 1. The molecule has 0 heterocycles. The zero-order chi connectivity index (χ0) is 14.6. The van der Waals surface area contributed by atoms with Gasteiger partial charge in [0.15, 0.2) is 0 Å². The van der Waals surface area contributed by atoms with Crippen LogP contribution in [-0.4, -0.2) is 39.3 Å². The van der Waals surface area contributed by atoms with Crippen LogP contribution in [0.2, 0.25) is 0 Å². The predicted octanol–water partition coefficient (Wildman–Crippen LogP) is 1.50. The van der Waals surface area contributed by atoms with Crippen molar-refractivity contribution in [2.75, 3.05) is 30.6 Å². The summed E-state index contributed by atoms with van der Waals surface area (Å²) in [6.07, 6.45) is 1.20. The van der Waals surface area contributed by atoms with E-state index in [2.05, 4.69) is 4.74 Å². The van der Waals surface area contributed by atoms with E-state index in [-0.39, 0.29) is 5.75 Å². The Bertz CT molecular complexity index is 582. The van der Waals surface area contributed by atoms with Crippen LogP contribution in [0, 0.1) is 6.92 Å². The number of hydrogen-bond acceptors (Lipinski definition) is 6. The molecule has 0 amide bonds. The molecule has 2 N–H and O–H groups in total. The van der Waals surface area contributed by atoms with E-state index >= 15 is 0 Å². The molecule has 0 spiro atoms. The summed E-state index contributed by atoms with van der Waals surface area (Å²) in [5.74, 6) is 0.0310. The quantitative estimate of drug-likeness (QED) is 0.504. The standard InChI is InChI=1S/C12H17NO4S2/c1-8-6-9(18-4-5-19(3,15)16)7-10(11(8)13)12(14)17-2/h6-7H,4-5,13H2,1-3H3. The van der Waals surface area contributed by atoms with E-state index in [0.717, 1.165) is 10.5 Å². The Hall–Kier alpha value is -1.21. The minimum atomic E-state index is -2.98. The summed E-state index contributed by atoms with van der Waals surface area (Å²) in [7, 11) is -1.69. The van der Waals surface area contributed by atoms with Gasteiger partial charge in [0, 0.05) is 22.6 Å². The number of benzene rings is 1. The van der Waals surface area contributed by atoms with Crippen LogP contribution in [0.3, 0.4) is 0 Å². The van der Waals surface area contributed by atoms with E-state index in [4.69, 9.17) is 5.73 Å². The molecular formula is C12H17NO4S2. The molecule has 0 atom stereocenters. The number of methoxy groups -OCH3 is 1. The van der Waals surface area contributed by atoms with Gasteiger partial charge in [0.1, 0.15) is 9.84 Å². The van der Waals surface area contributed by atoms with Crippen molar-refractivity contribution >= 4 is 33.3 Å². The van der Waals surface area contributed by atoms with Gasteiger partial charge in [-0.1, -0.05) is 0 Å². The van der Waals surface area contributed by atoms with Gasteiger partial charge in [-0.25, -0.2) is 13.2 Å². The molecule has 106 valence electrons. The summed E-state index contributed by atoms with van der Waals surface area (Å²) in [4.78, 5) is 12.4. The monoisotopic (exact) mass is 303 g/mol. The van der Waals surface area contributed by atoms with Crippen molar-refractivity contribution in [1.82, 2.24) is 0 Å². The van der Waals surface area contributed by atoms with Crippen LogP contribution >= 0.6 is 11.8 Å². The molecule has 1 aromatic carbocycles. The zero-order valence-corrected chi connectivity index (χ0v) is 12.7. The molecular weight excluding hydrogens is 286 g/mol. The van der Waals surface area contributed by atoms with E-state index < -0.39 is 15.8 Å². The highest BCUT2D eigenvalue weighted by molar-refractivity contribution is 8.00. The average molecular weight is 303 g/mol. The topological polar surface area (TPSA) is 86.5 Å². The van der Waals surface area contributed by atoms with E-state index in [9.17, 15) is 13.2 Å². The summed E-state index contributed by atoms with van der Waals surface area (Å²) in [6, 6.07) is 3.45. The number of sulfone groups is 1. The van der Waals surface area contributed by atoms with Gasteiger partial charge < -0.3 is 10.5 Å². The summed E-state index contributed by atoms with van der Waals surface area (Å²) >= 11 is 1.37. The Morgan fingerprint density at radius 3 is 2.58 bits per heavy atom. The molecule has 0 aliphatic heterocycles. The third kappa shape index (κ3) is 4.76. The van der Waals surface area contributed by atoms with Crippen molar-refractivity contribution in [1.29, 1.82) is 0 Å². The fourth-order valence-electron chi connectivity index (χ4n) is 1.44. The number of carbonyl (C=O) groups excluding carboxylic acids is 1. The molecule has 19 heavy (non-hydrogen) atoms. The normalized spacial score (nSPS) is 11.3. The summed E-state index contributed by atoms with van der Waals surface area (Å²) in [6.45, 7) is 1.79. The Morgan fingerprint density at radius 1 is 1.42 bits per heavy atom. The first-order chi connectivity index (χ1) is 8.74. The third-order valence-corrected chi connectivity index (χ3v) is 4.67. The van der Waals surface area contributed by atoms with Crippen LogP contribution < -0.4 is 5.73 Å². The molecule has 7 heteroatoms. The van der Waals surface area contributed by atoms with Crippen molar-refractivity contribution < 1.29 is 17.9 Å². The molecule has 0 saturated heterocycles. The van der Waals surface area contributed by atoms with Gasteiger partial charge in [-0.3, -0.25) is 0 Å². The number of carbonyl (C=O) groups is 1. The largest absolute Gasteiger partial charge is 0.465 e. The van der Waals surface area contributed by atoms with E-state index in [0.29, 0.717) is 17.0 Å². The highest BCUT2D eigenvalue weighted by atomic mass is 32.2. The maximum absolute atomic E-state index is 11.6. The lowest BCUT2D eigenvalue weighted by Gasteiger charge is -2.10. The number of ether oxygens (including phenoxy) is 1. The predicted molar refractivity (Wildman–Crippen MR) is 77.4 cm³/mol. The highest BCUT2D eigenvalue weighted by Gasteiger charge is 2.14. The molecule has 1 aromatic rings. The molecule has 1 rings (SSSR count). The third-order valence-electron chi connectivity index (χ3n) is 2.49. The van der Waals surface area contributed by atoms with Crippen molar-refractivity contribution in [3.63, 3.8) is 0 Å². The minimum Gasteiger partial charge on any atom is -0.465 e. The second kappa shape index (κ2) is 6.29. The number of thioether (sulfide) groups is 1. The number of esters is 1. The van der Waals surface area contributed by atoms with E-state index in [1.54, 1.807) is 13.0 Å². The SMILES string of the molecule is COC(=O)c1cc(SCCS(C)(=O)=O)cc(C)c1N. The van der Waals surface area contributed by atoms with Gasteiger partial charge in [0.05, 0.1) is 18.4 Å². The molecule has 0 bridgehead atoms. The number of aryl methyl sites for hydroxylation is 1. The van der Waals surface area contributed by atoms with Crippen molar-refractivity contribution in [3.8, 4) is 0 Å². The Labute approximate surface area is 117 Å². The molecule has 0 radical (unpaired) electrons. The maximum atomic E-state index is 11.6. The van der Waals surface area contributed by atoms with Gasteiger partial charge >= 0.3 is 5.97 Å². The maximum Gasteiger partial charge on any atom is 0.340 e. The Kier molecular flexibility index (Phi) is 5.25. The van der Waals surface area contributed by atoms with E-state index in [1.807, 2.05) is 6.07 Å². The molecule has 0 saturated carbocycles. The van der Waals surface area contributed by atoms with Crippen molar-refractivity contribution in [3.05, 3.63) is 23.3 Å². The molecule has 0 aliphatic rings. The Morgan fingerprint density at radius 2 is 2.05 bits per heavy atom. The van der Waals surface area contributed by atoms with E-state index in [1.165, 1.54) is 25.1 Å². The fraction of sp³-hybridized carbons (Fsp3) is 0.417. The number of rotatable bonds is 5. The molecule has 0 aliphatic carbocycles. The first-order valence-electron chi connectivity index (χ1n) is 5.53. The lowest BCUT2D eigenvalue weighted by Crippen LogP contribution is -2.08. The van der Waals surface area contributed by atoms with Crippen molar-refractivity contribution in [2.45, 2.75) is 11.8 Å². The number of hydrogen-bond donors (Lipinski definition) is 1. The Balaban J connectivity index is 2.91. The second-order valence-electron chi connectivity index (χ2n) is 4.17.